The minimum absolute atomic E-state index is 0.318. The molecule has 1 aliphatic heterocycles. The number of nitrogens with zero attached hydrogens (tertiary/aromatic N) is 2. The highest BCUT2D eigenvalue weighted by Crippen LogP contribution is 2.39. The summed E-state index contributed by atoms with van der Waals surface area (Å²) in [4.78, 5) is 14.9. The summed E-state index contributed by atoms with van der Waals surface area (Å²) in [6.07, 6.45) is 7.61. The molecule has 0 spiro atoms. The van der Waals surface area contributed by atoms with E-state index < -0.39 is 0 Å². The Kier molecular flexibility index (Phi) is 5.00. The zero-order valence-corrected chi connectivity index (χ0v) is 14.0. The van der Waals surface area contributed by atoms with Crippen LogP contribution < -0.4 is 0 Å². The number of rotatable bonds is 3. The van der Waals surface area contributed by atoms with Crippen molar-refractivity contribution in [2.75, 3.05) is 6.54 Å². The summed E-state index contributed by atoms with van der Waals surface area (Å²) in [5.41, 5.74) is 1.82. The van der Waals surface area contributed by atoms with Gasteiger partial charge in [0.05, 0.1) is 11.6 Å². The maximum Gasteiger partial charge on any atom is 0.223 e. The molecule has 3 heteroatoms. The fourth-order valence-corrected chi connectivity index (χ4v) is 4.36. The molecule has 0 radical (unpaired) electrons. The number of amides is 1. The van der Waals surface area contributed by atoms with Crippen molar-refractivity contribution >= 4 is 5.91 Å². The van der Waals surface area contributed by atoms with Crippen molar-refractivity contribution < 1.29 is 4.79 Å². The molecule has 3 nitrogen and oxygen atoms in total. The molecule has 0 bridgehead atoms. The van der Waals surface area contributed by atoms with E-state index in [1.807, 2.05) is 24.3 Å². The number of piperidine rings is 1. The second-order valence-electron chi connectivity index (χ2n) is 7.18. The van der Waals surface area contributed by atoms with E-state index in [-0.39, 0.29) is 0 Å². The number of nitriles is 1. The average Bonchev–Trinajstić information content (AvgIpc) is 2.60. The van der Waals surface area contributed by atoms with Gasteiger partial charge in [0.15, 0.2) is 0 Å². The van der Waals surface area contributed by atoms with Gasteiger partial charge in [-0.3, -0.25) is 4.79 Å². The Morgan fingerprint density at radius 1 is 1.22 bits per heavy atom. The van der Waals surface area contributed by atoms with Crippen LogP contribution in [-0.2, 0) is 11.2 Å². The highest BCUT2D eigenvalue weighted by molar-refractivity contribution is 5.77. The molecule has 2 aliphatic rings. The Labute approximate surface area is 139 Å². The van der Waals surface area contributed by atoms with E-state index >= 15 is 0 Å². The first-order chi connectivity index (χ1) is 11.2. The molecule has 1 aromatic rings. The molecule has 1 aromatic carbocycles. The molecule has 2 fully saturated rings. The van der Waals surface area contributed by atoms with Crippen molar-refractivity contribution in [1.82, 2.24) is 4.90 Å². The third-order valence-corrected chi connectivity index (χ3v) is 5.77. The monoisotopic (exact) mass is 310 g/mol. The second-order valence-corrected chi connectivity index (χ2v) is 7.18. The Balaban J connectivity index is 1.59. The molecular formula is C20H26N2O. The normalized spacial score (nSPS) is 27.1. The first-order valence-corrected chi connectivity index (χ1v) is 8.97. The van der Waals surface area contributed by atoms with Gasteiger partial charge in [0.1, 0.15) is 0 Å². The van der Waals surface area contributed by atoms with E-state index in [2.05, 4.69) is 17.9 Å². The van der Waals surface area contributed by atoms with Crippen molar-refractivity contribution in [3.8, 4) is 6.07 Å². The van der Waals surface area contributed by atoms with Gasteiger partial charge >= 0.3 is 0 Å². The topological polar surface area (TPSA) is 44.1 Å². The van der Waals surface area contributed by atoms with Gasteiger partial charge in [-0.05, 0) is 55.2 Å². The van der Waals surface area contributed by atoms with Crippen LogP contribution in [0.25, 0.3) is 0 Å². The van der Waals surface area contributed by atoms with Gasteiger partial charge in [0.2, 0.25) is 5.91 Å². The van der Waals surface area contributed by atoms with Crippen LogP contribution in [0.3, 0.4) is 0 Å². The smallest absolute Gasteiger partial charge is 0.223 e. The molecule has 1 saturated carbocycles. The number of carbonyl (C=O) groups is 1. The second kappa shape index (κ2) is 7.17. The van der Waals surface area contributed by atoms with Crippen LogP contribution in [0.5, 0.6) is 0 Å². The van der Waals surface area contributed by atoms with Crippen molar-refractivity contribution in [3.05, 3.63) is 35.4 Å². The van der Waals surface area contributed by atoms with Crippen LogP contribution in [0.2, 0.25) is 0 Å². The minimum Gasteiger partial charge on any atom is -0.339 e. The number of likely N-dealkylation sites (tertiary alicyclic amines) is 1. The Morgan fingerprint density at radius 3 is 2.70 bits per heavy atom. The maximum absolute atomic E-state index is 12.7. The first-order valence-electron chi connectivity index (χ1n) is 8.97. The van der Waals surface area contributed by atoms with E-state index in [1.165, 1.54) is 25.7 Å². The fraction of sp³-hybridized carbons (Fsp3) is 0.600. The summed E-state index contributed by atoms with van der Waals surface area (Å²) in [5.74, 6) is 1.80. The summed E-state index contributed by atoms with van der Waals surface area (Å²) >= 11 is 0. The Morgan fingerprint density at radius 2 is 1.96 bits per heavy atom. The van der Waals surface area contributed by atoms with E-state index in [0.717, 1.165) is 36.8 Å². The third-order valence-electron chi connectivity index (χ3n) is 5.77. The number of carbonyl (C=O) groups excluding carboxylic acids is 1. The van der Waals surface area contributed by atoms with Crippen LogP contribution in [0.1, 0.15) is 56.6 Å². The number of hydrogen-bond donors (Lipinski definition) is 0. The lowest BCUT2D eigenvalue weighted by Gasteiger charge is -2.47. The van der Waals surface area contributed by atoms with Gasteiger partial charge in [-0.2, -0.15) is 5.26 Å². The largest absolute Gasteiger partial charge is 0.339 e. The zero-order chi connectivity index (χ0) is 16.2. The van der Waals surface area contributed by atoms with Crippen LogP contribution in [0, 0.1) is 23.2 Å². The summed E-state index contributed by atoms with van der Waals surface area (Å²) in [7, 11) is 0. The van der Waals surface area contributed by atoms with Gasteiger partial charge in [-0.15, -0.1) is 0 Å². The van der Waals surface area contributed by atoms with Crippen LogP contribution in [0.4, 0.5) is 0 Å². The SMILES string of the molecule is CC1CCN(C(=O)CCc2ccc(C#N)cc2)C2CCCCC12. The standard InChI is InChI=1S/C20H26N2O/c1-15-12-13-22(19-5-3-2-4-18(15)19)20(23)11-10-16-6-8-17(14-21)9-7-16/h6-9,15,18-19H,2-5,10-13H2,1H3. The number of fused-ring (bicyclic) bond motifs is 1. The number of aryl methyl sites for hydroxylation is 1. The van der Waals surface area contributed by atoms with Gasteiger partial charge in [-0.25, -0.2) is 0 Å². The lowest BCUT2D eigenvalue weighted by molar-refractivity contribution is -0.139. The maximum atomic E-state index is 12.7. The molecule has 122 valence electrons. The van der Waals surface area contributed by atoms with Crippen molar-refractivity contribution in [2.45, 2.75) is 57.9 Å². The molecule has 0 N–H and O–H groups in total. The van der Waals surface area contributed by atoms with Crippen molar-refractivity contribution in [1.29, 1.82) is 5.26 Å². The Hall–Kier alpha value is -1.82. The Bertz CT molecular complexity index is 587. The molecule has 1 aliphatic carbocycles. The average molecular weight is 310 g/mol. The lowest BCUT2D eigenvalue weighted by atomic mass is 9.72. The van der Waals surface area contributed by atoms with E-state index in [0.29, 0.717) is 23.9 Å². The fourth-order valence-electron chi connectivity index (χ4n) is 4.36. The predicted molar refractivity (Wildman–Crippen MR) is 90.7 cm³/mol. The van der Waals surface area contributed by atoms with Gasteiger partial charge in [0.25, 0.3) is 0 Å². The van der Waals surface area contributed by atoms with E-state index in [1.54, 1.807) is 0 Å². The zero-order valence-electron chi connectivity index (χ0n) is 14.0. The highest BCUT2D eigenvalue weighted by Gasteiger charge is 2.38. The molecule has 1 amide bonds. The lowest BCUT2D eigenvalue weighted by Crippen LogP contribution is -2.52. The third kappa shape index (κ3) is 3.58. The van der Waals surface area contributed by atoms with E-state index in [4.69, 9.17) is 5.26 Å². The predicted octanol–water partition coefficient (Wildman–Crippen LogP) is 3.92. The molecule has 3 atom stereocenters. The summed E-state index contributed by atoms with van der Waals surface area (Å²) in [6, 6.07) is 10.2. The highest BCUT2D eigenvalue weighted by atomic mass is 16.2. The van der Waals surface area contributed by atoms with Crippen LogP contribution in [0.15, 0.2) is 24.3 Å². The number of hydrogen-bond acceptors (Lipinski definition) is 2. The van der Waals surface area contributed by atoms with Gasteiger partial charge in [0, 0.05) is 19.0 Å². The molecular weight excluding hydrogens is 284 g/mol. The summed E-state index contributed by atoms with van der Waals surface area (Å²) in [6.45, 7) is 3.30. The molecule has 1 saturated heterocycles. The quantitative estimate of drug-likeness (QED) is 0.849. The molecule has 0 aromatic heterocycles. The van der Waals surface area contributed by atoms with Crippen LogP contribution in [-0.4, -0.2) is 23.4 Å². The number of benzene rings is 1. The first kappa shape index (κ1) is 16.1. The summed E-state index contributed by atoms with van der Waals surface area (Å²) in [5, 5.41) is 8.84. The van der Waals surface area contributed by atoms with Gasteiger partial charge in [-0.1, -0.05) is 31.9 Å². The van der Waals surface area contributed by atoms with Crippen molar-refractivity contribution in [2.24, 2.45) is 11.8 Å². The molecule has 3 unspecified atom stereocenters. The molecule has 23 heavy (non-hydrogen) atoms. The van der Waals surface area contributed by atoms with Crippen molar-refractivity contribution in [3.63, 3.8) is 0 Å². The minimum atomic E-state index is 0.318. The van der Waals surface area contributed by atoms with Crippen LogP contribution >= 0.6 is 0 Å². The van der Waals surface area contributed by atoms with E-state index in [9.17, 15) is 4.79 Å². The molecule has 3 rings (SSSR count). The van der Waals surface area contributed by atoms with Gasteiger partial charge < -0.3 is 4.90 Å². The summed E-state index contributed by atoms with van der Waals surface area (Å²) < 4.78 is 0. The molecule has 1 heterocycles.